The molecule has 3 N–H and O–H groups in total. The van der Waals surface area contributed by atoms with Gasteiger partial charge in [0.25, 0.3) is 5.91 Å². The van der Waals surface area contributed by atoms with Crippen LogP contribution in [-0.4, -0.2) is 26.3 Å². The Morgan fingerprint density at radius 2 is 1.37 bits per heavy atom. The maximum atomic E-state index is 10.9. The number of nitrogens with one attached hydrogen (secondary N) is 1. The highest BCUT2D eigenvalue weighted by molar-refractivity contribution is 7.15. The van der Waals surface area contributed by atoms with E-state index >= 15 is 0 Å². The molecule has 4 aromatic rings. The number of hydrogen-bond donors (Lipinski definition) is 2. The average Bonchev–Trinajstić information content (AvgIpc) is 3.49. The Bertz CT molecular complexity index is 1120. The normalized spacial score (nSPS) is 9.87. The van der Waals surface area contributed by atoms with Gasteiger partial charge in [0.1, 0.15) is 20.0 Å². The van der Waals surface area contributed by atoms with Crippen molar-refractivity contribution >= 4 is 28.6 Å². The second kappa shape index (κ2) is 10.9. The Kier molecular flexibility index (Phi) is 7.74. The van der Waals surface area contributed by atoms with Crippen LogP contribution in [0.15, 0.2) is 60.7 Å². The second-order valence-electron chi connectivity index (χ2n) is 5.77. The van der Waals surface area contributed by atoms with Gasteiger partial charge in [-0.2, -0.15) is 0 Å². The molecule has 0 saturated heterocycles. The molecule has 2 aromatic carbocycles. The number of aromatic nitrogens is 4. The lowest BCUT2D eigenvalue weighted by atomic mass is 10.2. The zero-order chi connectivity index (χ0) is 21.2. The van der Waals surface area contributed by atoms with E-state index in [-0.39, 0.29) is 0 Å². The smallest absolute Gasteiger partial charge is 0.295 e. The van der Waals surface area contributed by atoms with Gasteiger partial charge in [-0.1, -0.05) is 83.3 Å². The number of terminal acetylenes is 1. The third-order valence-electron chi connectivity index (χ3n) is 3.68. The van der Waals surface area contributed by atoms with Gasteiger partial charge in [-0.15, -0.1) is 26.8 Å². The Labute approximate surface area is 182 Å². The van der Waals surface area contributed by atoms with Crippen molar-refractivity contribution in [3.05, 3.63) is 70.7 Å². The second-order valence-corrected chi connectivity index (χ2v) is 7.89. The van der Waals surface area contributed by atoms with Gasteiger partial charge in [0, 0.05) is 17.7 Å². The summed E-state index contributed by atoms with van der Waals surface area (Å²) in [5.74, 6) is 1.54. The van der Waals surface area contributed by atoms with Crippen LogP contribution < -0.4 is 11.1 Å². The molecule has 4 rings (SSSR count). The van der Waals surface area contributed by atoms with E-state index < -0.39 is 5.91 Å². The van der Waals surface area contributed by atoms with E-state index in [4.69, 9.17) is 12.2 Å². The molecule has 0 saturated carbocycles. The molecule has 0 unspecified atom stereocenters. The number of benzene rings is 2. The molecule has 150 valence electrons. The van der Waals surface area contributed by atoms with Crippen molar-refractivity contribution in [2.24, 2.45) is 5.73 Å². The summed E-state index contributed by atoms with van der Waals surface area (Å²) in [5, 5.41) is 22.0. The standard InChI is InChI=1S/C12H9N3OS.C9H9N3S/c1-2-10(16)13-8-11-14-15-12(17-11)9-6-4-3-5-7-9;10-6-8-11-12-9(13-8)7-4-2-1-3-5-7/h1,3-7H,8H2,(H,13,16);1-5H,6,10H2. The molecule has 2 heterocycles. The molecular formula is C21H18N6OS2. The summed E-state index contributed by atoms with van der Waals surface area (Å²) in [6, 6.07) is 19.7. The highest BCUT2D eigenvalue weighted by Gasteiger charge is 2.06. The maximum Gasteiger partial charge on any atom is 0.295 e. The lowest BCUT2D eigenvalue weighted by molar-refractivity contribution is -0.115. The highest BCUT2D eigenvalue weighted by atomic mass is 32.1. The van der Waals surface area contributed by atoms with Gasteiger partial charge >= 0.3 is 0 Å². The topological polar surface area (TPSA) is 107 Å². The van der Waals surface area contributed by atoms with Crippen LogP contribution in [0, 0.1) is 12.3 Å². The van der Waals surface area contributed by atoms with E-state index in [9.17, 15) is 4.79 Å². The zero-order valence-electron chi connectivity index (χ0n) is 15.9. The molecule has 0 bridgehead atoms. The number of carbonyl (C=O) groups excluding carboxylic acids is 1. The molecule has 0 aliphatic heterocycles. The fourth-order valence-corrected chi connectivity index (χ4v) is 3.77. The molecule has 0 aliphatic rings. The molecule has 1 amide bonds. The van der Waals surface area contributed by atoms with Crippen molar-refractivity contribution in [1.82, 2.24) is 25.7 Å². The van der Waals surface area contributed by atoms with Crippen LogP contribution in [0.3, 0.4) is 0 Å². The number of nitrogens with two attached hydrogens (primary N) is 1. The van der Waals surface area contributed by atoms with Gasteiger partial charge in [-0.25, -0.2) is 0 Å². The first kappa shape index (κ1) is 21.3. The minimum atomic E-state index is -0.443. The summed E-state index contributed by atoms with van der Waals surface area (Å²) in [6.45, 7) is 0.776. The quantitative estimate of drug-likeness (QED) is 0.468. The van der Waals surface area contributed by atoms with Crippen molar-refractivity contribution in [1.29, 1.82) is 0 Å². The summed E-state index contributed by atoms with van der Waals surface area (Å²) in [6.07, 6.45) is 4.94. The average molecular weight is 435 g/mol. The predicted octanol–water partition coefficient (Wildman–Crippen LogP) is 3.12. The van der Waals surface area contributed by atoms with Gasteiger partial charge in [0.2, 0.25) is 0 Å². The molecule has 30 heavy (non-hydrogen) atoms. The molecule has 9 heteroatoms. The first-order valence-corrected chi connectivity index (χ1v) is 10.5. The first-order chi connectivity index (χ1) is 14.7. The number of carbonyl (C=O) groups is 1. The molecule has 2 aromatic heterocycles. The van der Waals surface area contributed by atoms with Crippen LogP contribution in [0.1, 0.15) is 10.0 Å². The van der Waals surface area contributed by atoms with E-state index in [1.54, 1.807) is 0 Å². The van der Waals surface area contributed by atoms with Gasteiger partial charge in [0.15, 0.2) is 0 Å². The third-order valence-corrected chi connectivity index (χ3v) is 5.65. The van der Waals surface area contributed by atoms with Gasteiger partial charge in [-0.05, 0) is 5.92 Å². The number of nitrogens with zero attached hydrogens (tertiary/aromatic N) is 4. The molecule has 0 atom stereocenters. The lowest BCUT2D eigenvalue weighted by Crippen LogP contribution is -2.20. The van der Waals surface area contributed by atoms with E-state index in [1.807, 2.05) is 66.6 Å². The fraction of sp³-hybridized carbons (Fsp3) is 0.0952. The van der Waals surface area contributed by atoms with E-state index in [0.717, 1.165) is 31.2 Å². The monoisotopic (exact) mass is 434 g/mol. The fourth-order valence-electron chi connectivity index (χ4n) is 2.26. The van der Waals surface area contributed by atoms with Crippen molar-refractivity contribution in [2.45, 2.75) is 13.1 Å². The van der Waals surface area contributed by atoms with E-state index in [0.29, 0.717) is 13.1 Å². The minimum Gasteiger partial charge on any atom is -0.339 e. The molecular weight excluding hydrogens is 416 g/mol. The Morgan fingerprint density at radius 1 is 0.867 bits per heavy atom. The minimum absolute atomic E-state index is 0.313. The van der Waals surface area contributed by atoms with Crippen LogP contribution in [0.2, 0.25) is 0 Å². The van der Waals surface area contributed by atoms with Crippen molar-refractivity contribution < 1.29 is 4.79 Å². The third kappa shape index (κ3) is 6.02. The largest absolute Gasteiger partial charge is 0.339 e. The van der Waals surface area contributed by atoms with E-state index in [1.165, 1.54) is 22.7 Å². The van der Waals surface area contributed by atoms with Crippen molar-refractivity contribution in [3.63, 3.8) is 0 Å². The first-order valence-electron chi connectivity index (χ1n) is 8.89. The van der Waals surface area contributed by atoms with Crippen LogP contribution in [0.4, 0.5) is 0 Å². The molecule has 7 nitrogen and oxygen atoms in total. The summed E-state index contributed by atoms with van der Waals surface area (Å²) >= 11 is 2.97. The Morgan fingerprint density at radius 3 is 1.83 bits per heavy atom. The van der Waals surface area contributed by atoms with Gasteiger partial charge in [0.05, 0.1) is 6.54 Å². The van der Waals surface area contributed by atoms with Crippen LogP contribution in [-0.2, 0) is 17.9 Å². The number of rotatable bonds is 5. The van der Waals surface area contributed by atoms with Crippen molar-refractivity contribution in [2.75, 3.05) is 0 Å². The highest BCUT2D eigenvalue weighted by Crippen LogP contribution is 2.23. The zero-order valence-corrected chi connectivity index (χ0v) is 17.5. The van der Waals surface area contributed by atoms with Gasteiger partial charge < -0.3 is 11.1 Å². The molecule has 0 radical (unpaired) electrons. The summed E-state index contributed by atoms with van der Waals surface area (Å²) in [4.78, 5) is 10.9. The summed E-state index contributed by atoms with van der Waals surface area (Å²) in [5.41, 5.74) is 7.56. The van der Waals surface area contributed by atoms with Crippen LogP contribution in [0.5, 0.6) is 0 Å². The Hall–Kier alpha value is -3.45. The summed E-state index contributed by atoms with van der Waals surface area (Å²) < 4.78 is 0. The van der Waals surface area contributed by atoms with Crippen LogP contribution in [0.25, 0.3) is 21.1 Å². The van der Waals surface area contributed by atoms with Gasteiger partial charge in [-0.3, -0.25) is 4.79 Å². The van der Waals surface area contributed by atoms with E-state index in [2.05, 4.69) is 25.7 Å². The SMILES string of the molecule is C#CC(=O)NCc1nnc(-c2ccccc2)s1.NCc1nnc(-c2ccccc2)s1. The molecule has 0 aliphatic carbocycles. The number of hydrogen-bond acceptors (Lipinski definition) is 8. The van der Waals surface area contributed by atoms with Crippen LogP contribution >= 0.6 is 22.7 Å². The molecule has 0 spiro atoms. The van der Waals surface area contributed by atoms with Crippen molar-refractivity contribution in [3.8, 4) is 33.5 Å². The summed E-state index contributed by atoms with van der Waals surface area (Å²) in [7, 11) is 0. The maximum absolute atomic E-state index is 10.9. The Balaban J connectivity index is 0.000000177. The number of amides is 1. The predicted molar refractivity (Wildman–Crippen MR) is 119 cm³/mol. The molecule has 0 fully saturated rings. The lowest BCUT2D eigenvalue weighted by Gasteiger charge is -1.94.